The molecule has 0 fully saturated rings. The minimum absolute atomic E-state index is 0.0103. The van der Waals surface area contributed by atoms with E-state index < -0.39 is 42.4 Å². The van der Waals surface area contributed by atoms with Gasteiger partial charge in [-0.15, -0.1) is 0 Å². The molecule has 41 heavy (non-hydrogen) atoms. The Labute approximate surface area is 238 Å². The number of hydrogen-bond acceptors (Lipinski definition) is 6. The maximum Gasteiger partial charge on any atom is 0.407 e. The smallest absolute Gasteiger partial charge is 0.407 e. The van der Waals surface area contributed by atoms with Crippen molar-refractivity contribution in [3.05, 3.63) is 95.6 Å². The molecule has 3 N–H and O–H groups in total. The van der Waals surface area contributed by atoms with Crippen LogP contribution in [0.3, 0.4) is 0 Å². The van der Waals surface area contributed by atoms with E-state index in [-0.39, 0.29) is 25.6 Å². The molecule has 0 saturated heterocycles. The van der Waals surface area contributed by atoms with Crippen LogP contribution >= 0.6 is 0 Å². The molecule has 0 heterocycles. The molecule has 9 heteroatoms. The molecule has 9 nitrogen and oxygen atoms in total. The van der Waals surface area contributed by atoms with E-state index in [9.17, 15) is 24.3 Å². The van der Waals surface area contributed by atoms with Crippen molar-refractivity contribution in [1.82, 2.24) is 10.6 Å². The van der Waals surface area contributed by atoms with Crippen LogP contribution in [0.4, 0.5) is 4.79 Å². The van der Waals surface area contributed by atoms with Crippen molar-refractivity contribution in [1.29, 1.82) is 0 Å². The number of benzene rings is 3. The number of carbonyl (C=O) groups is 4. The lowest BCUT2D eigenvalue weighted by atomic mass is 9.98. The van der Waals surface area contributed by atoms with E-state index in [1.54, 1.807) is 12.1 Å². The van der Waals surface area contributed by atoms with E-state index in [2.05, 4.69) is 10.6 Å². The Balaban J connectivity index is 1.42. The molecule has 0 aliphatic heterocycles. The van der Waals surface area contributed by atoms with Crippen LogP contribution in [0.25, 0.3) is 11.1 Å². The lowest BCUT2D eigenvalue weighted by molar-refractivity contribution is -0.147. The van der Waals surface area contributed by atoms with Gasteiger partial charge in [0.15, 0.2) is 0 Å². The number of carboxylic acids is 1. The predicted octanol–water partition coefficient (Wildman–Crippen LogP) is 4.79. The average molecular weight is 559 g/mol. The van der Waals surface area contributed by atoms with Crippen molar-refractivity contribution >= 4 is 23.9 Å². The fourth-order valence-electron chi connectivity index (χ4n) is 5.04. The third-order valence-electron chi connectivity index (χ3n) is 6.97. The molecule has 4 rings (SSSR count). The van der Waals surface area contributed by atoms with Gasteiger partial charge in [0.05, 0.1) is 12.8 Å². The summed E-state index contributed by atoms with van der Waals surface area (Å²) in [6.45, 7) is 1.91. The summed E-state index contributed by atoms with van der Waals surface area (Å²) >= 11 is 0. The van der Waals surface area contributed by atoms with E-state index >= 15 is 0 Å². The van der Waals surface area contributed by atoms with Gasteiger partial charge in [0.1, 0.15) is 19.3 Å². The van der Waals surface area contributed by atoms with Crippen LogP contribution < -0.4 is 10.6 Å². The SMILES string of the molecule is CCC[C@@H](CC(=O)O)NC(=O)[C@H](CC(=O)OCc1ccccc1)NC(=O)OCC1c2ccccc2-c2ccccc21. The summed E-state index contributed by atoms with van der Waals surface area (Å²) in [6, 6.07) is 22.9. The molecule has 0 spiro atoms. The quantitative estimate of drug-likeness (QED) is 0.257. The topological polar surface area (TPSA) is 131 Å². The van der Waals surface area contributed by atoms with Crippen LogP contribution in [0.2, 0.25) is 0 Å². The first kappa shape index (κ1) is 29.3. The monoisotopic (exact) mass is 558 g/mol. The van der Waals surface area contributed by atoms with Gasteiger partial charge in [0.2, 0.25) is 5.91 Å². The Kier molecular flexibility index (Phi) is 10.1. The van der Waals surface area contributed by atoms with Crippen LogP contribution in [0.5, 0.6) is 0 Å². The lowest BCUT2D eigenvalue weighted by Gasteiger charge is -2.22. The third kappa shape index (κ3) is 7.94. The molecule has 2 atom stereocenters. The molecule has 0 radical (unpaired) electrons. The van der Waals surface area contributed by atoms with E-state index in [0.717, 1.165) is 27.8 Å². The van der Waals surface area contributed by atoms with Crippen LogP contribution in [-0.2, 0) is 30.5 Å². The Morgan fingerprint density at radius 1 is 0.805 bits per heavy atom. The summed E-state index contributed by atoms with van der Waals surface area (Å²) in [5.41, 5.74) is 5.01. The van der Waals surface area contributed by atoms with Crippen molar-refractivity contribution in [3.8, 4) is 11.1 Å². The summed E-state index contributed by atoms with van der Waals surface area (Å²) in [4.78, 5) is 50.0. The number of aliphatic carboxylic acids is 1. The zero-order valence-electron chi connectivity index (χ0n) is 22.9. The first-order valence-corrected chi connectivity index (χ1v) is 13.7. The van der Waals surface area contributed by atoms with Gasteiger partial charge < -0.3 is 25.2 Å². The van der Waals surface area contributed by atoms with Crippen molar-refractivity contribution in [2.45, 2.75) is 57.2 Å². The Hall–Kier alpha value is -4.66. The van der Waals surface area contributed by atoms with E-state index in [1.807, 2.05) is 73.7 Å². The highest BCUT2D eigenvalue weighted by Gasteiger charge is 2.31. The molecule has 1 aliphatic carbocycles. The number of nitrogens with one attached hydrogen (secondary N) is 2. The molecule has 1 aliphatic rings. The van der Waals surface area contributed by atoms with E-state index in [1.165, 1.54) is 0 Å². The summed E-state index contributed by atoms with van der Waals surface area (Å²) in [7, 11) is 0. The maximum absolute atomic E-state index is 13.2. The highest BCUT2D eigenvalue weighted by Crippen LogP contribution is 2.44. The normalized spacial score (nSPS) is 13.3. The average Bonchev–Trinajstić information content (AvgIpc) is 3.28. The Morgan fingerprint density at radius 2 is 1.41 bits per heavy atom. The number of esters is 1. The minimum atomic E-state index is -1.32. The molecular weight excluding hydrogens is 524 g/mol. The van der Waals surface area contributed by atoms with Gasteiger partial charge in [-0.1, -0.05) is 92.2 Å². The molecule has 0 saturated carbocycles. The number of carboxylic acid groups (broad SMARTS) is 1. The largest absolute Gasteiger partial charge is 0.481 e. The predicted molar refractivity (Wildman–Crippen MR) is 152 cm³/mol. The number of ether oxygens (including phenoxy) is 2. The fraction of sp³-hybridized carbons (Fsp3) is 0.312. The van der Waals surface area contributed by atoms with E-state index in [4.69, 9.17) is 9.47 Å². The zero-order valence-corrected chi connectivity index (χ0v) is 22.9. The first-order valence-electron chi connectivity index (χ1n) is 13.7. The number of alkyl carbamates (subject to hydrolysis) is 1. The van der Waals surface area contributed by atoms with Gasteiger partial charge in [-0.2, -0.15) is 0 Å². The summed E-state index contributed by atoms with van der Waals surface area (Å²) < 4.78 is 10.9. The van der Waals surface area contributed by atoms with Crippen molar-refractivity contribution in [3.63, 3.8) is 0 Å². The molecule has 214 valence electrons. The third-order valence-corrected chi connectivity index (χ3v) is 6.97. The Morgan fingerprint density at radius 3 is 2.02 bits per heavy atom. The molecule has 3 aromatic rings. The highest BCUT2D eigenvalue weighted by atomic mass is 16.5. The Bertz CT molecular complexity index is 1330. The number of hydrogen-bond donors (Lipinski definition) is 3. The van der Waals surface area contributed by atoms with Crippen molar-refractivity contribution in [2.75, 3.05) is 6.61 Å². The number of rotatable bonds is 13. The lowest BCUT2D eigenvalue weighted by Crippen LogP contribution is -2.51. The molecule has 0 bridgehead atoms. The zero-order chi connectivity index (χ0) is 29.2. The number of amides is 2. The second kappa shape index (κ2) is 14.1. The second-order valence-corrected chi connectivity index (χ2v) is 9.96. The number of carbonyl (C=O) groups excluding carboxylic acids is 3. The first-order chi connectivity index (χ1) is 19.9. The van der Waals surface area contributed by atoms with Crippen LogP contribution in [0.1, 0.15) is 55.2 Å². The number of fused-ring (bicyclic) bond motifs is 3. The van der Waals surface area contributed by atoms with Crippen LogP contribution in [0.15, 0.2) is 78.9 Å². The van der Waals surface area contributed by atoms with Crippen molar-refractivity contribution < 1.29 is 33.8 Å². The van der Waals surface area contributed by atoms with Crippen molar-refractivity contribution in [2.24, 2.45) is 0 Å². The van der Waals surface area contributed by atoms with Gasteiger partial charge in [0, 0.05) is 12.0 Å². The highest BCUT2D eigenvalue weighted by molar-refractivity contribution is 5.90. The molecule has 0 unspecified atom stereocenters. The van der Waals surface area contributed by atoms with Gasteiger partial charge in [-0.3, -0.25) is 14.4 Å². The molecular formula is C32H34N2O7. The standard InChI is InChI=1S/C32H34N2O7/c1-2-10-22(17-29(35)36)33-31(38)28(18-30(37)40-19-21-11-4-3-5-12-21)34-32(39)41-20-27-25-15-8-6-13-23(25)24-14-7-9-16-26(24)27/h3-9,11-16,22,27-28H,2,10,17-20H2,1H3,(H,33,38)(H,34,39)(H,35,36)/t22-,28-/m0/s1. The molecule has 3 aromatic carbocycles. The maximum atomic E-state index is 13.2. The van der Waals surface area contributed by atoms with Gasteiger partial charge in [0.25, 0.3) is 0 Å². The van der Waals surface area contributed by atoms with Gasteiger partial charge in [-0.25, -0.2) is 4.79 Å². The molecule has 2 amide bonds. The summed E-state index contributed by atoms with van der Waals surface area (Å²) in [5, 5.41) is 14.4. The second-order valence-electron chi connectivity index (χ2n) is 9.96. The van der Waals surface area contributed by atoms with E-state index in [0.29, 0.717) is 12.8 Å². The summed E-state index contributed by atoms with van der Waals surface area (Å²) in [6.07, 6.45) is -0.534. The fourth-order valence-corrected chi connectivity index (χ4v) is 5.04. The van der Waals surface area contributed by atoms with Crippen LogP contribution in [-0.4, -0.2) is 47.7 Å². The minimum Gasteiger partial charge on any atom is -0.481 e. The van der Waals surface area contributed by atoms with Crippen LogP contribution in [0, 0.1) is 0 Å². The van der Waals surface area contributed by atoms with Gasteiger partial charge in [-0.05, 0) is 34.2 Å². The van der Waals surface area contributed by atoms with Gasteiger partial charge >= 0.3 is 18.0 Å². The molecule has 0 aromatic heterocycles. The summed E-state index contributed by atoms with van der Waals surface area (Å²) in [5.74, 6) is -2.62.